The summed E-state index contributed by atoms with van der Waals surface area (Å²) in [5.74, 6) is -0.315. The van der Waals surface area contributed by atoms with Crippen LogP contribution in [0.4, 0.5) is 10.1 Å². The van der Waals surface area contributed by atoms with Crippen molar-refractivity contribution < 1.29 is 4.39 Å². The van der Waals surface area contributed by atoms with Crippen LogP contribution in [0, 0.1) is 5.82 Å². The van der Waals surface area contributed by atoms with Crippen LogP contribution in [0.15, 0.2) is 42.0 Å². The third kappa shape index (κ3) is 2.11. The second kappa shape index (κ2) is 4.34. The minimum Gasteiger partial charge on any atom is -0.398 e. The van der Waals surface area contributed by atoms with Gasteiger partial charge in [0.15, 0.2) is 0 Å². The van der Waals surface area contributed by atoms with Gasteiger partial charge in [-0.05, 0) is 31.0 Å². The molecule has 0 saturated heterocycles. The average molecular weight is 232 g/mol. The number of halogens is 1. The number of nitrogen functional groups attached to an aromatic ring is 1. The van der Waals surface area contributed by atoms with Gasteiger partial charge >= 0.3 is 0 Å². The topological polar surface area (TPSA) is 52.0 Å². The second-order valence-corrected chi connectivity index (χ2v) is 4.58. The van der Waals surface area contributed by atoms with Gasteiger partial charge in [0, 0.05) is 17.6 Å². The summed E-state index contributed by atoms with van der Waals surface area (Å²) in [5.41, 5.74) is 14.1. The van der Waals surface area contributed by atoms with E-state index >= 15 is 0 Å². The second-order valence-electron chi connectivity index (χ2n) is 4.58. The van der Waals surface area contributed by atoms with Gasteiger partial charge in [-0.3, -0.25) is 0 Å². The molecule has 2 rings (SSSR count). The molecule has 0 saturated carbocycles. The minimum atomic E-state index is -0.315. The van der Waals surface area contributed by atoms with Crippen molar-refractivity contribution in [1.29, 1.82) is 0 Å². The minimum absolute atomic E-state index is 0.294. The molecule has 1 unspecified atom stereocenters. The van der Waals surface area contributed by atoms with Crippen LogP contribution in [0.2, 0.25) is 0 Å². The average Bonchev–Trinajstić information content (AvgIpc) is 2.31. The molecule has 0 heterocycles. The van der Waals surface area contributed by atoms with Crippen LogP contribution in [0.25, 0.3) is 0 Å². The molecule has 1 aliphatic rings. The Kier molecular flexibility index (Phi) is 3.03. The molecule has 1 atom stereocenters. The van der Waals surface area contributed by atoms with E-state index in [4.69, 9.17) is 11.5 Å². The maximum absolute atomic E-state index is 13.1. The Morgan fingerprint density at radius 1 is 1.41 bits per heavy atom. The van der Waals surface area contributed by atoms with Crippen LogP contribution in [-0.4, -0.2) is 6.54 Å². The quantitative estimate of drug-likeness (QED) is 0.770. The summed E-state index contributed by atoms with van der Waals surface area (Å²) in [6, 6.07) is 4.52. The molecule has 90 valence electrons. The summed E-state index contributed by atoms with van der Waals surface area (Å²) in [4.78, 5) is 0. The Bertz CT molecular complexity index is 491. The fourth-order valence-electron chi connectivity index (χ4n) is 2.22. The van der Waals surface area contributed by atoms with E-state index in [1.54, 1.807) is 6.07 Å². The fourth-order valence-corrected chi connectivity index (χ4v) is 2.22. The van der Waals surface area contributed by atoms with E-state index in [1.807, 2.05) is 13.0 Å². The molecule has 2 nitrogen and oxygen atoms in total. The number of rotatable bonds is 2. The smallest absolute Gasteiger partial charge is 0.125 e. The van der Waals surface area contributed by atoms with Crippen LogP contribution in [0.1, 0.15) is 18.9 Å². The summed E-state index contributed by atoms with van der Waals surface area (Å²) >= 11 is 0. The first kappa shape index (κ1) is 11.9. The van der Waals surface area contributed by atoms with E-state index in [0.29, 0.717) is 12.2 Å². The molecule has 1 aliphatic carbocycles. The highest BCUT2D eigenvalue weighted by atomic mass is 19.1. The van der Waals surface area contributed by atoms with Gasteiger partial charge < -0.3 is 11.5 Å². The van der Waals surface area contributed by atoms with Gasteiger partial charge in [-0.25, -0.2) is 4.39 Å². The lowest BCUT2D eigenvalue weighted by Gasteiger charge is -2.32. The van der Waals surface area contributed by atoms with E-state index < -0.39 is 0 Å². The van der Waals surface area contributed by atoms with Gasteiger partial charge in [0.2, 0.25) is 0 Å². The highest BCUT2D eigenvalue weighted by Gasteiger charge is 2.30. The summed E-state index contributed by atoms with van der Waals surface area (Å²) in [7, 11) is 0. The number of hydrogen-bond donors (Lipinski definition) is 2. The SMILES string of the molecule is CC1=CCC(CN)(c2ccc(F)cc2N)C=C1. The molecule has 0 spiro atoms. The summed E-state index contributed by atoms with van der Waals surface area (Å²) in [6.07, 6.45) is 7.06. The molecular formula is C14H17FN2. The standard InChI is InChI=1S/C14H17FN2/c1-10-4-6-14(9-16,7-5-10)12-3-2-11(15)8-13(12)17/h2-6,8H,7,9,16-17H2,1H3. The monoisotopic (exact) mass is 232 g/mol. The first-order chi connectivity index (χ1) is 8.07. The molecule has 0 aromatic heterocycles. The number of hydrogen-bond acceptors (Lipinski definition) is 2. The molecule has 0 radical (unpaired) electrons. The predicted molar refractivity (Wildman–Crippen MR) is 69.1 cm³/mol. The first-order valence-corrected chi connectivity index (χ1v) is 5.69. The molecule has 0 amide bonds. The third-order valence-electron chi connectivity index (χ3n) is 3.37. The van der Waals surface area contributed by atoms with Crippen molar-refractivity contribution in [3.05, 3.63) is 53.4 Å². The number of nitrogens with two attached hydrogens (primary N) is 2. The van der Waals surface area contributed by atoms with Crippen molar-refractivity contribution in [1.82, 2.24) is 0 Å². The lowest BCUT2D eigenvalue weighted by Crippen LogP contribution is -2.34. The molecule has 0 fully saturated rings. The number of allylic oxidation sites excluding steroid dienone is 3. The van der Waals surface area contributed by atoms with Crippen molar-refractivity contribution in [3.8, 4) is 0 Å². The molecule has 1 aromatic carbocycles. The predicted octanol–water partition coefficient (Wildman–Crippen LogP) is 2.51. The van der Waals surface area contributed by atoms with E-state index in [2.05, 4.69) is 12.2 Å². The third-order valence-corrected chi connectivity index (χ3v) is 3.37. The van der Waals surface area contributed by atoms with Crippen LogP contribution < -0.4 is 11.5 Å². The zero-order chi connectivity index (χ0) is 12.5. The largest absolute Gasteiger partial charge is 0.398 e. The highest BCUT2D eigenvalue weighted by molar-refractivity contribution is 5.55. The molecule has 0 bridgehead atoms. The molecule has 3 heteroatoms. The number of anilines is 1. The first-order valence-electron chi connectivity index (χ1n) is 5.69. The maximum atomic E-state index is 13.1. The molecular weight excluding hydrogens is 215 g/mol. The van der Waals surface area contributed by atoms with Gasteiger partial charge in [0.25, 0.3) is 0 Å². The lowest BCUT2D eigenvalue weighted by atomic mass is 9.74. The normalized spacial score (nSPS) is 23.6. The summed E-state index contributed by atoms with van der Waals surface area (Å²) in [6.45, 7) is 2.51. The molecule has 0 aliphatic heterocycles. The van der Waals surface area contributed by atoms with Crippen molar-refractivity contribution in [2.45, 2.75) is 18.8 Å². The van der Waals surface area contributed by atoms with Crippen LogP contribution >= 0.6 is 0 Å². The van der Waals surface area contributed by atoms with Crippen molar-refractivity contribution in [2.24, 2.45) is 5.73 Å². The van der Waals surface area contributed by atoms with Crippen molar-refractivity contribution in [2.75, 3.05) is 12.3 Å². The number of benzene rings is 1. The Hall–Kier alpha value is -1.61. The van der Waals surface area contributed by atoms with Crippen LogP contribution in [0.5, 0.6) is 0 Å². The molecule has 17 heavy (non-hydrogen) atoms. The van der Waals surface area contributed by atoms with Gasteiger partial charge in [0.05, 0.1) is 0 Å². The zero-order valence-electron chi connectivity index (χ0n) is 9.91. The molecule has 1 aromatic rings. The van der Waals surface area contributed by atoms with Crippen molar-refractivity contribution >= 4 is 5.69 Å². The Morgan fingerprint density at radius 3 is 2.71 bits per heavy atom. The summed E-state index contributed by atoms with van der Waals surface area (Å²) < 4.78 is 13.1. The summed E-state index contributed by atoms with van der Waals surface area (Å²) in [5, 5.41) is 0. The van der Waals surface area contributed by atoms with Gasteiger partial charge in [-0.1, -0.05) is 29.9 Å². The fraction of sp³-hybridized carbons (Fsp3) is 0.286. The van der Waals surface area contributed by atoms with Gasteiger partial charge in [-0.2, -0.15) is 0 Å². The van der Waals surface area contributed by atoms with Gasteiger partial charge in [-0.15, -0.1) is 0 Å². The van der Waals surface area contributed by atoms with E-state index in [1.165, 1.54) is 17.7 Å². The van der Waals surface area contributed by atoms with Crippen LogP contribution in [-0.2, 0) is 5.41 Å². The zero-order valence-corrected chi connectivity index (χ0v) is 9.91. The Balaban J connectivity index is 2.46. The van der Waals surface area contributed by atoms with E-state index in [9.17, 15) is 4.39 Å². The highest BCUT2D eigenvalue weighted by Crippen LogP contribution is 2.36. The lowest BCUT2D eigenvalue weighted by molar-refractivity contribution is 0.546. The Morgan fingerprint density at radius 2 is 2.18 bits per heavy atom. The van der Waals surface area contributed by atoms with E-state index in [-0.39, 0.29) is 11.2 Å². The van der Waals surface area contributed by atoms with E-state index in [0.717, 1.165) is 12.0 Å². The van der Waals surface area contributed by atoms with Gasteiger partial charge in [0.1, 0.15) is 5.82 Å². The van der Waals surface area contributed by atoms with Crippen molar-refractivity contribution in [3.63, 3.8) is 0 Å². The van der Waals surface area contributed by atoms with Crippen LogP contribution in [0.3, 0.4) is 0 Å². The Labute approximate surface area is 101 Å². The molecule has 4 N–H and O–H groups in total. The maximum Gasteiger partial charge on any atom is 0.125 e.